The van der Waals surface area contributed by atoms with Crippen molar-refractivity contribution in [3.05, 3.63) is 0 Å². The van der Waals surface area contributed by atoms with Crippen molar-refractivity contribution >= 4 is 5.96 Å². The highest BCUT2D eigenvalue weighted by molar-refractivity contribution is 5.75. The quantitative estimate of drug-likeness (QED) is 0.421. The van der Waals surface area contributed by atoms with E-state index in [1.54, 1.807) is 0 Å². The molecule has 1 rings (SSSR count). The lowest BCUT2D eigenvalue weighted by atomic mass is 10.00. The molecule has 0 aromatic rings. The van der Waals surface area contributed by atoms with Gasteiger partial charge in [-0.2, -0.15) is 0 Å². The molecule has 0 saturated carbocycles. The van der Waals surface area contributed by atoms with E-state index in [2.05, 4.69) is 23.9 Å². The van der Waals surface area contributed by atoms with Gasteiger partial charge >= 0.3 is 0 Å². The van der Waals surface area contributed by atoms with Crippen molar-refractivity contribution in [3.8, 4) is 0 Å². The second-order valence-corrected chi connectivity index (χ2v) is 3.56. The Kier molecular flexibility index (Phi) is 2.92. The lowest BCUT2D eigenvalue weighted by Crippen LogP contribution is -2.40. The van der Waals surface area contributed by atoms with Crippen molar-refractivity contribution in [2.45, 2.75) is 31.8 Å². The molecule has 0 aromatic carbocycles. The van der Waals surface area contributed by atoms with Crippen molar-refractivity contribution in [3.63, 3.8) is 0 Å². The third-order valence-electron chi connectivity index (χ3n) is 2.51. The predicted molar refractivity (Wildman–Crippen MR) is 50.9 cm³/mol. The predicted octanol–water partition coefficient (Wildman–Crippen LogP) is -0.257. The highest BCUT2D eigenvalue weighted by atomic mass is 15.1. The molecular formula is C8H18N4. The zero-order chi connectivity index (χ0) is 9.14. The van der Waals surface area contributed by atoms with Gasteiger partial charge in [0.2, 0.25) is 0 Å². The molecule has 4 nitrogen and oxygen atoms in total. The Balaban J connectivity index is 2.46. The third-order valence-corrected chi connectivity index (χ3v) is 2.51. The SMILES string of the molecule is CC1CC(N=C(N)N)CCN1C. The van der Waals surface area contributed by atoms with Crippen molar-refractivity contribution in [1.29, 1.82) is 0 Å². The topological polar surface area (TPSA) is 67.6 Å². The van der Waals surface area contributed by atoms with Gasteiger partial charge in [-0.15, -0.1) is 0 Å². The molecular weight excluding hydrogens is 152 g/mol. The molecule has 0 spiro atoms. The summed E-state index contributed by atoms with van der Waals surface area (Å²) >= 11 is 0. The second-order valence-electron chi connectivity index (χ2n) is 3.56. The Morgan fingerprint density at radius 2 is 2.17 bits per heavy atom. The number of nitrogens with zero attached hydrogens (tertiary/aromatic N) is 2. The average Bonchev–Trinajstić information content (AvgIpc) is 1.96. The minimum absolute atomic E-state index is 0.219. The summed E-state index contributed by atoms with van der Waals surface area (Å²) in [5.74, 6) is 0.219. The van der Waals surface area contributed by atoms with Crippen LogP contribution >= 0.6 is 0 Å². The summed E-state index contributed by atoms with van der Waals surface area (Å²) in [6.07, 6.45) is 2.13. The van der Waals surface area contributed by atoms with Crippen LogP contribution in [0.15, 0.2) is 4.99 Å². The van der Waals surface area contributed by atoms with Gasteiger partial charge < -0.3 is 16.4 Å². The van der Waals surface area contributed by atoms with Gasteiger partial charge in [0.15, 0.2) is 5.96 Å². The van der Waals surface area contributed by atoms with Crippen molar-refractivity contribution in [2.24, 2.45) is 16.5 Å². The lowest BCUT2D eigenvalue weighted by Gasteiger charge is -2.33. The van der Waals surface area contributed by atoms with Gasteiger partial charge in [-0.25, -0.2) is 0 Å². The molecule has 0 bridgehead atoms. The molecule has 2 unspecified atom stereocenters. The summed E-state index contributed by atoms with van der Waals surface area (Å²) in [5, 5.41) is 0. The molecule has 1 saturated heterocycles. The Labute approximate surface area is 73.6 Å². The molecule has 0 radical (unpaired) electrons. The normalized spacial score (nSPS) is 31.5. The molecule has 0 aliphatic carbocycles. The highest BCUT2D eigenvalue weighted by Gasteiger charge is 2.21. The first-order valence-corrected chi connectivity index (χ1v) is 4.38. The zero-order valence-electron chi connectivity index (χ0n) is 7.83. The zero-order valence-corrected chi connectivity index (χ0v) is 7.83. The Hall–Kier alpha value is -0.770. The molecule has 12 heavy (non-hydrogen) atoms. The van der Waals surface area contributed by atoms with Gasteiger partial charge in [0.05, 0.1) is 6.04 Å². The largest absolute Gasteiger partial charge is 0.370 e. The van der Waals surface area contributed by atoms with E-state index in [-0.39, 0.29) is 5.96 Å². The van der Waals surface area contributed by atoms with Crippen LogP contribution in [0.5, 0.6) is 0 Å². The van der Waals surface area contributed by atoms with E-state index >= 15 is 0 Å². The minimum Gasteiger partial charge on any atom is -0.370 e. The van der Waals surface area contributed by atoms with Gasteiger partial charge in [0.25, 0.3) is 0 Å². The van der Waals surface area contributed by atoms with Gasteiger partial charge in [0, 0.05) is 12.6 Å². The van der Waals surface area contributed by atoms with Gasteiger partial charge in [-0.1, -0.05) is 0 Å². The molecule has 0 aromatic heterocycles. The number of hydrogen-bond donors (Lipinski definition) is 2. The summed E-state index contributed by atoms with van der Waals surface area (Å²) in [4.78, 5) is 6.50. The first-order chi connectivity index (χ1) is 5.59. The number of hydrogen-bond acceptors (Lipinski definition) is 2. The maximum atomic E-state index is 5.32. The van der Waals surface area contributed by atoms with Gasteiger partial charge in [0.1, 0.15) is 0 Å². The molecule has 2 atom stereocenters. The second kappa shape index (κ2) is 3.76. The number of nitrogens with two attached hydrogens (primary N) is 2. The van der Waals surface area contributed by atoms with Crippen molar-refractivity contribution in [2.75, 3.05) is 13.6 Å². The maximum Gasteiger partial charge on any atom is 0.186 e. The monoisotopic (exact) mass is 170 g/mol. The molecule has 1 fully saturated rings. The summed E-state index contributed by atoms with van der Waals surface area (Å²) in [6.45, 7) is 3.29. The molecule has 70 valence electrons. The standard InChI is InChI=1S/C8H18N4/c1-6-5-7(11-8(9)10)3-4-12(6)2/h6-7H,3-5H2,1-2H3,(H4,9,10,11). The van der Waals surface area contributed by atoms with Crippen LogP contribution in [0, 0.1) is 0 Å². The van der Waals surface area contributed by atoms with Crippen LogP contribution < -0.4 is 11.5 Å². The maximum absolute atomic E-state index is 5.32. The van der Waals surface area contributed by atoms with Crippen molar-refractivity contribution in [1.82, 2.24) is 4.90 Å². The Bertz CT molecular complexity index is 174. The van der Waals surface area contributed by atoms with Crippen LogP contribution in [0.4, 0.5) is 0 Å². The van der Waals surface area contributed by atoms with Crippen molar-refractivity contribution < 1.29 is 0 Å². The highest BCUT2D eigenvalue weighted by Crippen LogP contribution is 2.17. The van der Waals surface area contributed by atoms with Crippen LogP contribution in [0.1, 0.15) is 19.8 Å². The van der Waals surface area contributed by atoms with Gasteiger partial charge in [-0.3, -0.25) is 4.99 Å². The number of guanidine groups is 1. The minimum atomic E-state index is 0.219. The smallest absolute Gasteiger partial charge is 0.186 e. The van der Waals surface area contributed by atoms with E-state index in [9.17, 15) is 0 Å². The molecule has 1 heterocycles. The summed E-state index contributed by atoms with van der Waals surface area (Å²) in [6, 6.07) is 0.924. The Morgan fingerprint density at radius 3 is 2.67 bits per heavy atom. The van der Waals surface area contributed by atoms with Crippen LogP contribution in [-0.2, 0) is 0 Å². The lowest BCUT2D eigenvalue weighted by molar-refractivity contribution is 0.184. The number of rotatable bonds is 1. The van der Waals surface area contributed by atoms with E-state index in [1.165, 1.54) is 0 Å². The summed E-state index contributed by atoms with van der Waals surface area (Å²) in [5.41, 5.74) is 10.6. The van der Waals surface area contributed by atoms with Crippen LogP contribution in [0.2, 0.25) is 0 Å². The van der Waals surface area contributed by atoms with Crippen LogP contribution in [0.3, 0.4) is 0 Å². The van der Waals surface area contributed by atoms with E-state index in [0.29, 0.717) is 12.1 Å². The summed E-state index contributed by atoms with van der Waals surface area (Å²) in [7, 11) is 2.14. The van der Waals surface area contributed by atoms with E-state index in [0.717, 1.165) is 19.4 Å². The molecule has 4 heteroatoms. The number of aliphatic imine (C=N–C) groups is 1. The van der Waals surface area contributed by atoms with Gasteiger partial charge in [-0.05, 0) is 26.8 Å². The average molecular weight is 170 g/mol. The number of likely N-dealkylation sites (tertiary alicyclic amines) is 1. The first kappa shape index (κ1) is 9.32. The van der Waals surface area contributed by atoms with E-state index in [4.69, 9.17) is 11.5 Å². The van der Waals surface area contributed by atoms with Crippen LogP contribution in [0.25, 0.3) is 0 Å². The fourth-order valence-corrected chi connectivity index (χ4v) is 1.59. The van der Waals surface area contributed by atoms with E-state index < -0.39 is 0 Å². The van der Waals surface area contributed by atoms with Crippen LogP contribution in [-0.4, -0.2) is 36.5 Å². The Morgan fingerprint density at radius 1 is 1.50 bits per heavy atom. The fourth-order valence-electron chi connectivity index (χ4n) is 1.59. The number of piperidine rings is 1. The molecule has 1 aliphatic heterocycles. The summed E-state index contributed by atoms with van der Waals surface area (Å²) < 4.78 is 0. The first-order valence-electron chi connectivity index (χ1n) is 4.38. The molecule has 4 N–H and O–H groups in total. The fraction of sp³-hybridized carbons (Fsp3) is 0.875. The van der Waals surface area contributed by atoms with E-state index in [1.807, 2.05) is 0 Å². The third kappa shape index (κ3) is 2.37. The molecule has 0 amide bonds. The molecule has 1 aliphatic rings.